The van der Waals surface area contributed by atoms with E-state index in [1.54, 1.807) is 18.2 Å². The monoisotopic (exact) mass is 298 g/mol. The minimum atomic E-state index is -0.230. The van der Waals surface area contributed by atoms with Crippen molar-refractivity contribution < 1.29 is 4.79 Å². The van der Waals surface area contributed by atoms with E-state index in [0.29, 0.717) is 15.7 Å². The van der Waals surface area contributed by atoms with Gasteiger partial charge in [0.15, 0.2) is 0 Å². The molecular formula is C14H16Cl2N2O. The Morgan fingerprint density at radius 3 is 2.58 bits per heavy atom. The minimum Gasteiger partial charge on any atom is -0.322 e. The molecule has 1 aromatic carbocycles. The zero-order chi connectivity index (χ0) is 14.3. The van der Waals surface area contributed by atoms with E-state index in [9.17, 15) is 4.79 Å². The van der Waals surface area contributed by atoms with Gasteiger partial charge < -0.3 is 5.32 Å². The minimum absolute atomic E-state index is 0.0996. The highest BCUT2D eigenvalue weighted by Crippen LogP contribution is 2.29. The molecule has 0 bridgehead atoms. The highest BCUT2D eigenvalue weighted by Gasteiger charge is 2.11. The SMILES string of the molecule is C#CC(CCC)NCC(=O)Nc1c(Cl)cccc1Cl. The first kappa shape index (κ1) is 15.8. The van der Waals surface area contributed by atoms with E-state index >= 15 is 0 Å². The van der Waals surface area contributed by atoms with Crippen LogP contribution < -0.4 is 10.6 Å². The van der Waals surface area contributed by atoms with Crippen LogP contribution in [0.15, 0.2) is 18.2 Å². The molecule has 0 heterocycles. The largest absolute Gasteiger partial charge is 0.322 e. The summed E-state index contributed by atoms with van der Waals surface area (Å²) in [5.41, 5.74) is 0.422. The van der Waals surface area contributed by atoms with Crippen molar-refractivity contribution in [3.8, 4) is 12.3 Å². The van der Waals surface area contributed by atoms with Gasteiger partial charge in [-0.05, 0) is 18.6 Å². The predicted octanol–water partition coefficient (Wildman–Crippen LogP) is 3.32. The van der Waals surface area contributed by atoms with E-state index in [0.717, 1.165) is 12.8 Å². The smallest absolute Gasteiger partial charge is 0.238 e. The number of carbonyl (C=O) groups is 1. The second kappa shape index (κ2) is 8.06. The number of carbonyl (C=O) groups excluding carboxylic acids is 1. The Morgan fingerprint density at radius 2 is 2.05 bits per heavy atom. The quantitative estimate of drug-likeness (QED) is 0.791. The first-order valence-electron chi connectivity index (χ1n) is 6.01. The van der Waals surface area contributed by atoms with E-state index in [1.807, 2.05) is 6.92 Å². The normalized spacial score (nSPS) is 11.7. The van der Waals surface area contributed by atoms with E-state index < -0.39 is 0 Å². The summed E-state index contributed by atoms with van der Waals surface area (Å²) in [5.74, 6) is 2.37. The molecule has 0 aliphatic heterocycles. The lowest BCUT2D eigenvalue weighted by molar-refractivity contribution is -0.115. The molecule has 0 saturated heterocycles. The highest BCUT2D eigenvalue weighted by atomic mass is 35.5. The fourth-order valence-corrected chi connectivity index (χ4v) is 2.04. The Morgan fingerprint density at radius 1 is 1.42 bits per heavy atom. The van der Waals surface area contributed by atoms with E-state index in [1.165, 1.54) is 0 Å². The second-order valence-electron chi connectivity index (χ2n) is 4.03. The summed E-state index contributed by atoms with van der Waals surface area (Å²) in [4.78, 5) is 11.8. The van der Waals surface area contributed by atoms with Crippen molar-refractivity contribution in [1.82, 2.24) is 5.32 Å². The Bertz CT molecular complexity index is 463. The zero-order valence-corrected chi connectivity index (χ0v) is 12.2. The average Bonchev–Trinajstić information content (AvgIpc) is 2.39. The molecular weight excluding hydrogens is 283 g/mol. The molecule has 1 aromatic rings. The third kappa shape index (κ3) is 5.12. The van der Waals surface area contributed by atoms with Crippen LogP contribution in [0.1, 0.15) is 19.8 Å². The van der Waals surface area contributed by atoms with Gasteiger partial charge in [-0.15, -0.1) is 6.42 Å². The Balaban J connectivity index is 2.54. The van der Waals surface area contributed by atoms with Crippen LogP contribution >= 0.6 is 23.2 Å². The molecule has 3 nitrogen and oxygen atoms in total. The molecule has 0 aromatic heterocycles. The zero-order valence-electron chi connectivity index (χ0n) is 10.7. The van der Waals surface area contributed by atoms with Gasteiger partial charge in [0, 0.05) is 0 Å². The Hall–Kier alpha value is -1.21. The number of terminal acetylenes is 1. The van der Waals surface area contributed by atoms with Crippen molar-refractivity contribution in [1.29, 1.82) is 0 Å². The Kier molecular flexibility index (Phi) is 6.72. The molecule has 0 aliphatic rings. The highest BCUT2D eigenvalue weighted by molar-refractivity contribution is 6.39. The number of hydrogen-bond acceptors (Lipinski definition) is 2. The molecule has 1 atom stereocenters. The van der Waals surface area contributed by atoms with Crippen molar-refractivity contribution in [2.24, 2.45) is 0 Å². The van der Waals surface area contributed by atoms with Gasteiger partial charge in [-0.2, -0.15) is 0 Å². The predicted molar refractivity (Wildman–Crippen MR) is 80.6 cm³/mol. The van der Waals surface area contributed by atoms with Crippen LogP contribution in [0.3, 0.4) is 0 Å². The third-order valence-corrected chi connectivity index (χ3v) is 3.14. The van der Waals surface area contributed by atoms with Gasteiger partial charge in [0.05, 0.1) is 28.3 Å². The molecule has 2 N–H and O–H groups in total. The number of anilines is 1. The number of rotatable bonds is 6. The van der Waals surface area contributed by atoms with Gasteiger partial charge in [-0.25, -0.2) is 0 Å². The first-order chi connectivity index (χ1) is 9.08. The summed E-state index contributed by atoms with van der Waals surface area (Å²) in [6.07, 6.45) is 7.15. The number of hydrogen-bond donors (Lipinski definition) is 2. The van der Waals surface area contributed by atoms with Gasteiger partial charge >= 0.3 is 0 Å². The van der Waals surface area contributed by atoms with E-state index in [4.69, 9.17) is 29.6 Å². The maximum absolute atomic E-state index is 11.8. The molecule has 1 rings (SSSR count). The van der Waals surface area contributed by atoms with Crippen LogP contribution in [0, 0.1) is 12.3 Å². The van der Waals surface area contributed by atoms with Gasteiger partial charge in [0.1, 0.15) is 0 Å². The summed E-state index contributed by atoms with van der Waals surface area (Å²) in [6, 6.07) is 4.95. The van der Waals surface area contributed by atoms with Crippen molar-refractivity contribution >= 4 is 34.8 Å². The molecule has 0 radical (unpaired) electrons. The van der Waals surface area contributed by atoms with Crippen LogP contribution in [-0.4, -0.2) is 18.5 Å². The van der Waals surface area contributed by atoms with E-state index in [2.05, 4.69) is 16.6 Å². The molecule has 0 spiro atoms. The molecule has 5 heteroatoms. The van der Waals surface area contributed by atoms with Crippen LogP contribution in [0.2, 0.25) is 10.0 Å². The van der Waals surface area contributed by atoms with Crippen molar-refractivity contribution in [3.05, 3.63) is 28.2 Å². The molecule has 0 saturated carbocycles. The summed E-state index contributed by atoms with van der Waals surface area (Å²) in [6.45, 7) is 2.16. The lowest BCUT2D eigenvalue weighted by atomic mass is 10.2. The standard InChI is InChI=1S/C14H16Cl2N2O/c1-3-6-10(4-2)17-9-13(19)18-14-11(15)7-5-8-12(14)16/h2,5,7-8,10,17H,3,6,9H2,1H3,(H,18,19). The molecule has 102 valence electrons. The van der Waals surface area contributed by atoms with Gasteiger partial charge in [-0.3, -0.25) is 10.1 Å². The maximum Gasteiger partial charge on any atom is 0.238 e. The van der Waals surface area contributed by atoms with Gasteiger partial charge in [-0.1, -0.05) is 48.5 Å². The molecule has 0 aliphatic carbocycles. The molecule has 0 fully saturated rings. The molecule has 1 unspecified atom stereocenters. The molecule has 1 amide bonds. The molecule has 19 heavy (non-hydrogen) atoms. The number of nitrogens with one attached hydrogen (secondary N) is 2. The van der Waals surface area contributed by atoms with Crippen molar-refractivity contribution in [2.45, 2.75) is 25.8 Å². The topological polar surface area (TPSA) is 41.1 Å². The average molecular weight is 299 g/mol. The van der Waals surface area contributed by atoms with Crippen molar-refractivity contribution in [3.63, 3.8) is 0 Å². The number of amides is 1. The van der Waals surface area contributed by atoms with Gasteiger partial charge in [0.2, 0.25) is 5.91 Å². The van der Waals surface area contributed by atoms with Crippen LogP contribution in [0.25, 0.3) is 0 Å². The first-order valence-corrected chi connectivity index (χ1v) is 6.77. The second-order valence-corrected chi connectivity index (χ2v) is 4.85. The summed E-state index contributed by atoms with van der Waals surface area (Å²) in [5, 5.41) is 6.47. The number of benzene rings is 1. The lowest BCUT2D eigenvalue weighted by Gasteiger charge is -2.13. The van der Waals surface area contributed by atoms with Crippen LogP contribution in [-0.2, 0) is 4.79 Å². The van der Waals surface area contributed by atoms with Gasteiger partial charge in [0.25, 0.3) is 0 Å². The lowest BCUT2D eigenvalue weighted by Crippen LogP contribution is -2.35. The maximum atomic E-state index is 11.8. The van der Waals surface area contributed by atoms with Crippen LogP contribution in [0.5, 0.6) is 0 Å². The number of para-hydroxylation sites is 1. The summed E-state index contributed by atoms with van der Waals surface area (Å²) in [7, 11) is 0. The number of halogens is 2. The summed E-state index contributed by atoms with van der Waals surface area (Å²) >= 11 is 11.9. The fourth-order valence-electron chi connectivity index (χ4n) is 1.55. The summed E-state index contributed by atoms with van der Waals surface area (Å²) < 4.78 is 0. The fraction of sp³-hybridized carbons (Fsp3) is 0.357. The third-order valence-electron chi connectivity index (χ3n) is 2.51. The Labute approximate surface area is 123 Å². The van der Waals surface area contributed by atoms with Crippen LogP contribution in [0.4, 0.5) is 5.69 Å². The van der Waals surface area contributed by atoms with E-state index in [-0.39, 0.29) is 18.5 Å². The van der Waals surface area contributed by atoms with Crippen molar-refractivity contribution in [2.75, 3.05) is 11.9 Å².